The molecule has 1 aromatic rings. The van der Waals surface area contributed by atoms with Gasteiger partial charge in [-0.05, 0) is 17.7 Å². The number of rotatable bonds is 5. The smallest absolute Gasteiger partial charge is 0.306 e. The topological polar surface area (TPSA) is 56.8 Å². The van der Waals surface area contributed by atoms with Crippen LogP contribution < -0.4 is 14.8 Å². The Balaban J connectivity index is 1.78. The zero-order valence-electron chi connectivity index (χ0n) is 9.69. The summed E-state index contributed by atoms with van der Waals surface area (Å²) in [4.78, 5) is 10.9. The van der Waals surface area contributed by atoms with Gasteiger partial charge in [-0.2, -0.15) is 0 Å². The van der Waals surface area contributed by atoms with Gasteiger partial charge in [-0.3, -0.25) is 4.79 Å². The number of carbonyl (C=O) groups is 1. The fraction of sp³-hybridized carbons (Fsp3) is 0.417. The molecular weight excluding hydrogens is 222 g/mol. The summed E-state index contributed by atoms with van der Waals surface area (Å²) in [5.41, 5.74) is 1.10. The molecule has 5 nitrogen and oxygen atoms in total. The van der Waals surface area contributed by atoms with Crippen LogP contribution in [0.4, 0.5) is 0 Å². The first-order valence-electron chi connectivity index (χ1n) is 5.45. The van der Waals surface area contributed by atoms with Gasteiger partial charge < -0.3 is 19.5 Å². The monoisotopic (exact) mass is 237 g/mol. The number of hydrogen-bond donors (Lipinski definition) is 1. The zero-order valence-corrected chi connectivity index (χ0v) is 9.69. The molecule has 0 saturated heterocycles. The van der Waals surface area contributed by atoms with Crippen LogP contribution in [0.1, 0.15) is 12.0 Å². The van der Waals surface area contributed by atoms with E-state index in [0.717, 1.165) is 17.1 Å². The summed E-state index contributed by atoms with van der Waals surface area (Å²) < 4.78 is 15.0. The summed E-state index contributed by atoms with van der Waals surface area (Å²) in [6, 6.07) is 5.80. The van der Waals surface area contributed by atoms with Crippen molar-refractivity contribution >= 4 is 5.97 Å². The molecule has 92 valence electrons. The van der Waals surface area contributed by atoms with Crippen molar-refractivity contribution in [3.63, 3.8) is 0 Å². The van der Waals surface area contributed by atoms with Gasteiger partial charge in [-0.15, -0.1) is 0 Å². The summed E-state index contributed by atoms with van der Waals surface area (Å²) in [5, 5.41) is 3.16. The van der Waals surface area contributed by atoms with E-state index < -0.39 is 0 Å². The van der Waals surface area contributed by atoms with Gasteiger partial charge in [0.15, 0.2) is 11.5 Å². The third-order valence-corrected chi connectivity index (χ3v) is 2.50. The third-order valence-electron chi connectivity index (χ3n) is 2.50. The fourth-order valence-electron chi connectivity index (χ4n) is 1.58. The number of hydrogen-bond acceptors (Lipinski definition) is 5. The van der Waals surface area contributed by atoms with Gasteiger partial charge in [0.25, 0.3) is 0 Å². The molecule has 0 spiro atoms. The van der Waals surface area contributed by atoms with Crippen LogP contribution in [0.5, 0.6) is 11.5 Å². The molecule has 17 heavy (non-hydrogen) atoms. The molecule has 1 aliphatic heterocycles. The van der Waals surface area contributed by atoms with Crippen molar-refractivity contribution in [2.24, 2.45) is 0 Å². The van der Waals surface area contributed by atoms with E-state index in [1.165, 1.54) is 7.11 Å². The summed E-state index contributed by atoms with van der Waals surface area (Å²) in [6.45, 7) is 1.57. The molecule has 1 aromatic carbocycles. The van der Waals surface area contributed by atoms with E-state index in [1.807, 2.05) is 18.2 Å². The number of carbonyl (C=O) groups excluding carboxylic acids is 1. The molecule has 0 unspecified atom stereocenters. The summed E-state index contributed by atoms with van der Waals surface area (Å²) in [6.07, 6.45) is 0.376. The van der Waals surface area contributed by atoms with Gasteiger partial charge in [0.1, 0.15) is 0 Å². The van der Waals surface area contributed by atoms with E-state index in [9.17, 15) is 4.79 Å². The molecule has 5 heteroatoms. The number of esters is 1. The largest absolute Gasteiger partial charge is 0.469 e. The molecule has 1 heterocycles. The molecular formula is C12H15NO4. The van der Waals surface area contributed by atoms with Crippen molar-refractivity contribution in [3.05, 3.63) is 23.8 Å². The molecule has 0 aliphatic carbocycles. The van der Waals surface area contributed by atoms with E-state index in [1.54, 1.807) is 0 Å². The standard InChI is InChI=1S/C12H15NO4/c1-15-12(14)4-5-13-7-9-2-3-10-11(6-9)17-8-16-10/h2-3,6,13H,4-5,7-8H2,1H3. The Bertz CT molecular complexity index is 405. The van der Waals surface area contributed by atoms with E-state index in [2.05, 4.69) is 10.1 Å². The van der Waals surface area contributed by atoms with Crippen molar-refractivity contribution in [2.75, 3.05) is 20.4 Å². The third kappa shape index (κ3) is 3.10. The Labute approximate surface area is 99.7 Å². The molecule has 0 bridgehead atoms. The average Bonchev–Trinajstić information content (AvgIpc) is 2.81. The highest BCUT2D eigenvalue weighted by Crippen LogP contribution is 2.32. The van der Waals surface area contributed by atoms with Crippen LogP contribution in [0.3, 0.4) is 0 Å². The second-order valence-corrected chi connectivity index (χ2v) is 3.69. The maximum atomic E-state index is 10.9. The first kappa shape index (κ1) is 11.7. The number of nitrogens with one attached hydrogen (secondary N) is 1. The highest BCUT2D eigenvalue weighted by molar-refractivity contribution is 5.69. The first-order valence-corrected chi connectivity index (χ1v) is 5.45. The molecule has 0 fully saturated rings. The maximum absolute atomic E-state index is 10.9. The van der Waals surface area contributed by atoms with Gasteiger partial charge in [0.05, 0.1) is 13.5 Å². The van der Waals surface area contributed by atoms with Gasteiger partial charge in [-0.1, -0.05) is 6.07 Å². The summed E-state index contributed by atoms with van der Waals surface area (Å²) in [7, 11) is 1.39. The predicted molar refractivity (Wildman–Crippen MR) is 60.9 cm³/mol. The lowest BCUT2D eigenvalue weighted by molar-refractivity contribution is -0.140. The van der Waals surface area contributed by atoms with Gasteiger partial charge in [-0.25, -0.2) is 0 Å². The van der Waals surface area contributed by atoms with Crippen LogP contribution in [-0.4, -0.2) is 26.4 Å². The highest BCUT2D eigenvalue weighted by atomic mass is 16.7. The molecule has 0 saturated carbocycles. The summed E-state index contributed by atoms with van der Waals surface area (Å²) >= 11 is 0. The van der Waals surface area contributed by atoms with Crippen molar-refractivity contribution in [3.8, 4) is 11.5 Å². The Kier molecular flexibility index (Phi) is 3.82. The average molecular weight is 237 g/mol. The first-order chi connectivity index (χ1) is 8.29. The Morgan fingerprint density at radius 1 is 1.41 bits per heavy atom. The predicted octanol–water partition coefficient (Wildman–Crippen LogP) is 1.07. The van der Waals surface area contributed by atoms with Gasteiger partial charge in [0, 0.05) is 13.1 Å². The number of ether oxygens (including phenoxy) is 3. The van der Waals surface area contributed by atoms with E-state index in [-0.39, 0.29) is 12.8 Å². The van der Waals surface area contributed by atoms with E-state index in [4.69, 9.17) is 9.47 Å². The van der Waals surface area contributed by atoms with E-state index in [0.29, 0.717) is 19.5 Å². The lowest BCUT2D eigenvalue weighted by Gasteiger charge is -2.05. The Morgan fingerprint density at radius 3 is 3.06 bits per heavy atom. The van der Waals surface area contributed by atoms with Crippen LogP contribution >= 0.6 is 0 Å². The van der Waals surface area contributed by atoms with Crippen molar-refractivity contribution < 1.29 is 19.0 Å². The van der Waals surface area contributed by atoms with Crippen LogP contribution in [0.15, 0.2) is 18.2 Å². The Hall–Kier alpha value is -1.75. The molecule has 0 radical (unpaired) electrons. The van der Waals surface area contributed by atoms with Crippen molar-refractivity contribution in [1.29, 1.82) is 0 Å². The van der Waals surface area contributed by atoms with Crippen molar-refractivity contribution in [1.82, 2.24) is 5.32 Å². The minimum absolute atomic E-state index is 0.205. The number of methoxy groups -OCH3 is 1. The molecule has 0 amide bonds. The quantitative estimate of drug-likeness (QED) is 0.613. The van der Waals surface area contributed by atoms with Gasteiger partial charge in [0.2, 0.25) is 6.79 Å². The van der Waals surface area contributed by atoms with Crippen LogP contribution in [0.2, 0.25) is 0 Å². The second-order valence-electron chi connectivity index (χ2n) is 3.69. The minimum atomic E-state index is -0.205. The normalized spacial score (nSPS) is 12.5. The molecule has 2 rings (SSSR count). The lowest BCUT2D eigenvalue weighted by Crippen LogP contribution is -2.18. The fourth-order valence-corrected chi connectivity index (χ4v) is 1.58. The van der Waals surface area contributed by atoms with Crippen LogP contribution in [-0.2, 0) is 16.1 Å². The second kappa shape index (κ2) is 5.54. The molecule has 1 N–H and O–H groups in total. The SMILES string of the molecule is COC(=O)CCNCc1ccc2c(c1)OCO2. The molecule has 0 aromatic heterocycles. The van der Waals surface area contributed by atoms with Crippen LogP contribution in [0, 0.1) is 0 Å². The van der Waals surface area contributed by atoms with Crippen molar-refractivity contribution in [2.45, 2.75) is 13.0 Å². The highest BCUT2D eigenvalue weighted by Gasteiger charge is 2.12. The number of fused-ring (bicyclic) bond motifs is 1. The lowest BCUT2D eigenvalue weighted by atomic mass is 10.2. The van der Waals surface area contributed by atoms with Crippen LogP contribution in [0.25, 0.3) is 0 Å². The Morgan fingerprint density at radius 2 is 2.24 bits per heavy atom. The number of benzene rings is 1. The molecule has 0 atom stereocenters. The summed E-state index contributed by atoms with van der Waals surface area (Å²) in [5.74, 6) is 1.35. The molecule has 1 aliphatic rings. The van der Waals surface area contributed by atoms with Gasteiger partial charge >= 0.3 is 5.97 Å². The maximum Gasteiger partial charge on any atom is 0.306 e. The van der Waals surface area contributed by atoms with E-state index >= 15 is 0 Å². The zero-order chi connectivity index (χ0) is 12.1. The minimum Gasteiger partial charge on any atom is -0.469 e.